The molecule has 0 aliphatic carbocycles. The largest absolute Gasteiger partial charge is 0.493 e. The lowest BCUT2D eigenvalue weighted by Crippen LogP contribution is -2.11. The van der Waals surface area contributed by atoms with E-state index in [-0.39, 0.29) is 33.4 Å². The van der Waals surface area contributed by atoms with Gasteiger partial charge in [-0.1, -0.05) is 50.6 Å². The van der Waals surface area contributed by atoms with E-state index in [4.69, 9.17) is 25.3 Å². The second-order valence-electron chi connectivity index (χ2n) is 9.07. The zero-order valence-corrected chi connectivity index (χ0v) is 21.7. The van der Waals surface area contributed by atoms with Crippen LogP contribution in [0.3, 0.4) is 0 Å². The maximum atomic E-state index is 12.6. The van der Waals surface area contributed by atoms with E-state index in [9.17, 15) is 13.2 Å². The van der Waals surface area contributed by atoms with Gasteiger partial charge in [-0.2, -0.15) is 8.42 Å². The Hall–Kier alpha value is -3.62. The second-order valence-corrected chi connectivity index (χ2v) is 11.0. The molecule has 0 spiro atoms. The number of hydrogen-bond donors (Lipinski definition) is 0. The summed E-state index contributed by atoms with van der Waals surface area (Å²) in [6, 6.07) is 17.9. The van der Waals surface area contributed by atoms with Crippen LogP contribution in [-0.4, -0.2) is 27.4 Å². The number of hydrogen-bond acceptors (Lipinski definition) is 7. The van der Waals surface area contributed by atoms with Gasteiger partial charge in [0.1, 0.15) is 4.90 Å². The number of aliphatic imine (C=N–C) groups is 1. The molecule has 9 heteroatoms. The molecule has 0 unspecified atom stereocenters. The normalized spacial score (nSPS) is 15.0. The van der Waals surface area contributed by atoms with Crippen LogP contribution in [-0.2, 0) is 25.1 Å². The van der Waals surface area contributed by atoms with Crippen molar-refractivity contribution in [3.63, 3.8) is 0 Å². The molecule has 0 bridgehead atoms. The van der Waals surface area contributed by atoms with Gasteiger partial charge in [0.2, 0.25) is 5.90 Å². The highest BCUT2D eigenvalue weighted by Crippen LogP contribution is 2.32. The lowest BCUT2D eigenvalue weighted by Gasteiger charge is -2.18. The SMILES string of the molecule is COc1cc(/C=C2/N=C(c3ccc(C(C)(C)C)cc3)OC2=O)ccc1OS(=O)(=O)c1ccc(Cl)cc1. The smallest absolute Gasteiger partial charge is 0.363 e. The highest BCUT2D eigenvalue weighted by Gasteiger charge is 2.25. The molecule has 0 N–H and O–H groups in total. The summed E-state index contributed by atoms with van der Waals surface area (Å²) in [7, 11) is -2.72. The molecule has 1 heterocycles. The number of rotatable bonds is 6. The van der Waals surface area contributed by atoms with Crippen molar-refractivity contribution in [3.8, 4) is 11.5 Å². The maximum Gasteiger partial charge on any atom is 0.363 e. The molecular formula is C27H24ClNO6S. The van der Waals surface area contributed by atoms with Gasteiger partial charge in [-0.3, -0.25) is 0 Å². The molecule has 36 heavy (non-hydrogen) atoms. The van der Waals surface area contributed by atoms with Crippen LogP contribution < -0.4 is 8.92 Å². The number of methoxy groups -OCH3 is 1. The van der Waals surface area contributed by atoms with Crippen molar-refractivity contribution in [2.24, 2.45) is 4.99 Å². The second kappa shape index (κ2) is 9.79. The van der Waals surface area contributed by atoms with Crippen molar-refractivity contribution in [1.82, 2.24) is 0 Å². The van der Waals surface area contributed by atoms with Crippen molar-refractivity contribution in [3.05, 3.63) is 94.1 Å². The Labute approximate surface area is 215 Å². The molecule has 1 aliphatic heterocycles. The highest BCUT2D eigenvalue weighted by molar-refractivity contribution is 7.87. The third kappa shape index (κ3) is 5.61. The van der Waals surface area contributed by atoms with Crippen LogP contribution in [0.4, 0.5) is 0 Å². The molecule has 0 atom stereocenters. The molecule has 0 fully saturated rings. The van der Waals surface area contributed by atoms with Gasteiger partial charge in [0.05, 0.1) is 7.11 Å². The molecule has 7 nitrogen and oxygen atoms in total. The number of cyclic esters (lactones) is 1. The van der Waals surface area contributed by atoms with E-state index in [2.05, 4.69) is 25.8 Å². The van der Waals surface area contributed by atoms with Gasteiger partial charge >= 0.3 is 16.1 Å². The van der Waals surface area contributed by atoms with E-state index in [0.29, 0.717) is 16.1 Å². The molecule has 0 saturated heterocycles. The first-order chi connectivity index (χ1) is 17.0. The van der Waals surface area contributed by atoms with Crippen LogP contribution in [0, 0.1) is 0 Å². The third-order valence-electron chi connectivity index (χ3n) is 5.41. The molecule has 1 aliphatic rings. The minimum Gasteiger partial charge on any atom is -0.493 e. The predicted molar refractivity (Wildman–Crippen MR) is 138 cm³/mol. The summed E-state index contributed by atoms with van der Waals surface area (Å²) in [6.07, 6.45) is 1.53. The molecule has 0 saturated carbocycles. The average Bonchev–Trinajstić information content (AvgIpc) is 3.19. The molecule has 0 amide bonds. The fraction of sp³-hybridized carbons (Fsp3) is 0.185. The Bertz CT molecular complexity index is 1470. The van der Waals surface area contributed by atoms with E-state index < -0.39 is 16.1 Å². The van der Waals surface area contributed by atoms with Gasteiger partial charge in [0, 0.05) is 10.6 Å². The first-order valence-electron chi connectivity index (χ1n) is 11.0. The average molecular weight is 526 g/mol. The van der Waals surface area contributed by atoms with E-state index in [1.807, 2.05) is 24.3 Å². The molecule has 186 valence electrons. The summed E-state index contributed by atoms with van der Waals surface area (Å²) in [5, 5.41) is 0.405. The number of benzene rings is 3. The molecule has 0 radical (unpaired) electrons. The minimum absolute atomic E-state index is 0.000830. The van der Waals surface area contributed by atoms with Crippen molar-refractivity contribution in [2.45, 2.75) is 31.1 Å². The lowest BCUT2D eigenvalue weighted by molar-refractivity contribution is -0.129. The van der Waals surface area contributed by atoms with E-state index in [1.54, 1.807) is 12.1 Å². The van der Waals surface area contributed by atoms with Crippen LogP contribution >= 0.6 is 11.6 Å². The van der Waals surface area contributed by atoms with Gasteiger partial charge in [0.25, 0.3) is 0 Å². The Kier molecular flexibility index (Phi) is 6.93. The Morgan fingerprint density at radius 1 is 0.944 bits per heavy atom. The number of esters is 1. The van der Waals surface area contributed by atoms with Crippen LogP contribution in [0.25, 0.3) is 6.08 Å². The zero-order valence-electron chi connectivity index (χ0n) is 20.1. The topological polar surface area (TPSA) is 91.3 Å². The van der Waals surface area contributed by atoms with E-state index >= 15 is 0 Å². The third-order valence-corrected chi connectivity index (χ3v) is 6.91. The standard InChI is InChI=1S/C27H24ClNO6S/c1-27(2,3)19-8-6-18(7-9-19)25-29-22(26(30)34-25)15-17-5-14-23(24(16-17)33-4)35-36(31,32)21-12-10-20(28)11-13-21/h5-16H,1-4H3/b22-15+. The number of ether oxygens (including phenoxy) is 2. The van der Waals surface area contributed by atoms with E-state index in [1.165, 1.54) is 43.5 Å². The van der Waals surface area contributed by atoms with Gasteiger partial charge in [-0.15, -0.1) is 0 Å². The number of carbonyl (C=O) groups is 1. The number of nitrogens with zero attached hydrogens (tertiary/aromatic N) is 1. The lowest BCUT2D eigenvalue weighted by atomic mass is 9.87. The molecular weight excluding hydrogens is 502 g/mol. The van der Waals surface area contributed by atoms with Gasteiger partial charge in [-0.25, -0.2) is 9.79 Å². The Morgan fingerprint density at radius 2 is 1.61 bits per heavy atom. The van der Waals surface area contributed by atoms with Crippen molar-refractivity contribution in [1.29, 1.82) is 0 Å². The summed E-state index contributed by atoms with van der Waals surface area (Å²) < 4.78 is 41.2. The van der Waals surface area contributed by atoms with Crippen molar-refractivity contribution in [2.75, 3.05) is 7.11 Å². The molecule has 4 rings (SSSR count). The van der Waals surface area contributed by atoms with Crippen LogP contribution in [0.5, 0.6) is 11.5 Å². The first-order valence-corrected chi connectivity index (χ1v) is 12.8. The fourth-order valence-electron chi connectivity index (χ4n) is 3.41. The quantitative estimate of drug-likeness (QED) is 0.231. The zero-order chi connectivity index (χ0) is 26.1. The van der Waals surface area contributed by atoms with Gasteiger partial charge < -0.3 is 13.7 Å². The molecule has 3 aromatic carbocycles. The van der Waals surface area contributed by atoms with E-state index in [0.717, 1.165) is 5.56 Å². The first kappa shape index (κ1) is 25.5. The summed E-state index contributed by atoms with van der Waals surface area (Å²) in [5.41, 5.74) is 2.49. The van der Waals surface area contributed by atoms with Crippen LogP contribution in [0.15, 0.2) is 82.3 Å². The monoisotopic (exact) mass is 525 g/mol. The molecule has 3 aromatic rings. The highest BCUT2D eigenvalue weighted by atomic mass is 35.5. The summed E-state index contributed by atoms with van der Waals surface area (Å²) in [6.45, 7) is 6.36. The van der Waals surface area contributed by atoms with Crippen molar-refractivity contribution < 1.29 is 26.9 Å². The maximum absolute atomic E-state index is 12.6. The van der Waals surface area contributed by atoms with Gasteiger partial charge in [0.15, 0.2) is 17.2 Å². The molecule has 0 aromatic heterocycles. The van der Waals surface area contributed by atoms with Crippen LogP contribution in [0.2, 0.25) is 5.02 Å². The number of carbonyl (C=O) groups excluding carboxylic acids is 1. The fourth-order valence-corrected chi connectivity index (χ4v) is 4.48. The Balaban J connectivity index is 1.58. The summed E-state index contributed by atoms with van der Waals surface area (Å²) >= 11 is 5.83. The summed E-state index contributed by atoms with van der Waals surface area (Å²) in [5.74, 6) is -0.218. The predicted octanol–water partition coefficient (Wildman–Crippen LogP) is 5.76. The minimum atomic E-state index is -4.11. The van der Waals surface area contributed by atoms with Gasteiger partial charge in [-0.05, 0) is 71.1 Å². The Morgan fingerprint density at radius 3 is 2.22 bits per heavy atom. The van der Waals surface area contributed by atoms with Crippen molar-refractivity contribution >= 4 is 39.7 Å². The number of halogens is 1. The summed E-state index contributed by atoms with van der Waals surface area (Å²) in [4.78, 5) is 16.7. The van der Waals surface area contributed by atoms with Crippen LogP contribution in [0.1, 0.15) is 37.5 Å².